The number of aliphatic hydroxyl groups is 1. The molecule has 0 saturated heterocycles. The number of benzene rings is 2. The minimum atomic E-state index is -0.659. The van der Waals surface area contributed by atoms with E-state index in [-0.39, 0.29) is 18.4 Å². The van der Waals surface area contributed by atoms with Crippen molar-refractivity contribution in [1.82, 2.24) is 0 Å². The van der Waals surface area contributed by atoms with Crippen molar-refractivity contribution in [3.63, 3.8) is 0 Å². The van der Waals surface area contributed by atoms with Crippen molar-refractivity contribution in [3.05, 3.63) is 54.1 Å². The SMILES string of the molecule is Cc1ccccc1OCC(O)CN1CC(C)C(=O)Nc2ccccc21. The Morgan fingerprint density at radius 3 is 2.76 bits per heavy atom. The number of hydrogen-bond acceptors (Lipinski definition) is 4. The van der Waals surface area contributed by atoms with Gasteiger partial charge in [-0.05, 0) is 30.7 Å². The van der Waals surface area contributed by atoms with Gasteiger partial charge in [-0.25, -0.2) is 0 Å². The van der Waals surface area contributed by atoms with Gasteiger partial charge in [0.15, 0.2) is 0 Å². The number of β-amino-alcohol motifs (C(OH)–C–C–N with tert-alkyl or cyclic N) is 1. The molecule has 3 rings (SSSR count). The highest BCUT2D eigenvalue weighted by molar-refractivity contribution is 5.97. The maximum atomic E-state index is 12.1. The van der Waals surface area contributed by atoms with E-state index in [2.05, 4.69) is 5.32 Å². The molecule has 2 unspecified atom stereocenters. The van der Waals surface area contributed by atoms with Gasteiger partial charge in [0.1, 0.15) is 18.5 Å². The fourth-order valence-electron chi connectivity index (χ4n) is 3.01. The standard InChI is InChI=1S/C20H24N2O3/c1-14-7-3-6-10-19(14)25-13-16(23)12-22-11-15(2)20(24)21-17-8-4-5-9-18(17)22/h3-10,15-16,23H,11-13H2,1-2H3,(H,21,24). The van der Waals surface area contributed by atoms with E-state index in [1.54, 1.807) is 0 Å². The lowest BCUT2D eigenvalue weighted by Crippen LogP contribution is -2.38. The first kappa shape index (κ1) is 17.3. The molecule has 2 atom stereocenters. The second-order valence-corrected chi connectivity index (χ2v) is 6.54. The quantitative estimate of drug-likeness (QED) is 0.879. The number of amides is 1. The number of anilines is 2. The molecule has 132 valence electrons. The summed E-state index contributed by atoms with van der Waals surface area (Å²) in [6.07, 6.45) is -0.659. The Kier molecular flexibility index (Phi) is 5.24. The lowest BCUT2D eigenvalue weighted by atomic mass is 10.1. The van der Waals surface area contributed by atoms with Gasteiger partial charge in [0.25, 0.3) is 0 Å². The van der Waals surface area contributed by atoms with Crippen LogP contribution in [0.3, 0.4) is 0 Å². The number of para-hydroxylation sites is 3. The van der Waals surface area contributed by atoms with Gasteiger partial charge in [-0.1, -0.05) is 37.3 Å². The number of fused-ring (bicyclic) bond motifs is 1. The van der Waals surface area contributed by atoms with Crippen molar-refractivity contribution in [2.45, 2.75) is 20.0 Å². The highest BCUT2D eigenvalue weighted by Gasteiger charge is 2.26. The third-order valence-corrected chi connectivity index (χ3v) is 4.40. The van der Waals surface area contributed by atoms with Crippen LogP contribution in [0.25, 0.3) is 0 Å². The molecule has 5 nitrogen and oxygen atoms in total. The zero-order chi connectivity index (χ0) is 17.8. The maximum absolute atomic E-state index is 12.1. The molecule has 5 heteroatoms. The number of carbonyl (C=O) groups is 1. The molecular weight excluding hydrogens is 316 g/mol. The minimum Gasteiger partial charge on any atom is -0.491 e. The Hall–Kier alpha value is -2.53. The average Bonchev–Trinajstić information content (AvgIpc) is 2.71. The van der Waals surface area contributed by atoms with Gasteiger partial charge in [0.2, 0.25) is 5.91 Å². The molecule has 1 amide bonds. The van der Waals surface area contributed by atoms with E-state index >= 15 is 0 Å². The van der Waals surface area contributed by atoms with E-state index in [1.165, 1.54) is 0 Å². The van der Waals surface area contributed by atoms with Crippen LogP contribution in [0.1, 0.15) is 12.5 Å². The first-order valence-electron chi connectivity index (χ1n) is 8.56. The third kappa shape index (κ3) is 4.12. The number of ether oxygens (including phenoxy) is 1. The smallest absolute Gasteiger partial charge is 0.229 e. The van der Waals surface area contributed by atoms with E-state index in [0.29, 0.717) is 13.1 Å². The first-order valence-corrected chi connectivity index (χ1v) is 8.56. The molecule has 2 aromatic carbocycles. The van der Waals surface area contributed by atoms with Crippen molar-refractivity contribution >= 4 is 17.3 Å². The average molecular weight is 340 g/mol. The Labute approximate surface area is 148 Å². The van der Waals surface area contributed by atoms with Gasteiger partial charge >= 0.3 is 0 Å². The number of nitrogens with zero attached hydrogens (tertiary/aromatic N) is 1. The molecule has 2 aromatic rings. The van der Waals surface area contributed by atoms with Crippen molar-refractivity contribution in [2.75, 3.05) is 29.9 Å². The maximum Gasteiger partial charge on any atom is 0.229 e. The summed E-state index contributed by atoms with van der Waals surface area (Å²) in [4.78, 5) is 14.2. The van der Waals surface area contributed by atoms with Gasteiger partial charge in [-0.2, -0.15) is 0 Å². The van der Waals surface area contributed by atoms with Gasteiger partial charge < -0.3 is 20.1 Å². The number of aryl methyl sites for hydroxylation is 1. The summed E-state index contributed by atoms with van der Waals surface area (Å²) in [5.74, 6) is 0.625. The predicted octanol–water partition coefficient (Wildman–Crippen LogP) is 2.83. The summed E-state index contributed by atoms with van der Waals surface area (Å²) < 4.78 is 5.75. The van der Waals surface area contributed by atoms with Gasteiger partial charge in [0, 0.05) is 13.1 Å². The van der Waals surface area contributed by atoms with E-state index in [0.717, 1.165) is 22.7 Å². The summed E-state index contributed by atoms with van der Waals surface area (Å²) in [5, 5.41) is 13.4. The Bertz CT molecular complexity index is 747. The van der Waals surface area contributed by atoms with Crippen LogP contribution in [-0.4, -0.2) is 36.8 Å². The van der Waals surface area contributed by atoms with Crippen molar-refractivity contribution in [2.24, 2.45) is 5.92 Å². The van der Waals surface area contributed by atoms with Crippen molar-refractivity contribution in [3.8, 4) is 5.75 Å². The van der Waals surface area contributed by atoms with Crippen LogP contribution < -0.4 is 15.0 Å². The Balaban J connectivity index is 1.68. The van der Waals surface area contributed by atoms with E-state index < -0.39 is 6.10 Å². The van der Waals surface area contributed by atoms with Gasteiger partial charge in [-0.15, -0.1) is 0 Å². The lowest BCUT2D eigenvalue weighted by Gasteiger charge is -2.28. The lowest BCUT2D eigenvalue weighted by molar-refractivity contribution is -0.119. The summed E-state index contributed by atoms with van der Waals surface area (Å²) in [7, 11) is 0. The molecule has 0 spiro atoms. The summed E-state index contributed by atoms with van der Waals surface area (Å²) in [5.41, 5.74) is 2.75. The Morgan fingerprint density at radius 2 is 1.96 bits per heavy atom. The van der Waals surface area contributed by atoms with E-state index in [9.17, 15) is 9.90 Å². The summed E-state index contributed by atoms with van der Waals surface area (Å²) in [6.45, 7) is 5.04. The van der Waals surface area contributed by atoms with Crippen LogP contribution in [0.4, 0.5) is 11.4 Å². The van der Waals surface area contributed by atoms with Gasteiger partial charge in [0.05, 0.1) is 17.3 Å². The fourth-order valence-corrected chi connectivity index (χ4v) is 3.01. The van der Waals surface area contributed by atoms with Crippen LogP contribution in [-0.2, 0) is 4.79 Å². The molecule has 1 aliphatic rings. The number of rotatable bonds is 5. The molecule has 1 heterocycles. The Morgan fingerprint density at radius 1 is 1.24 bits per heavy atom. The number of carbonyl (C=O) groups excluding carboxylic acids is 1. The third-order valence-electron chi connectivity index (χ3n) is 4.40. The second kappa shape index (κ2) is 7.57. The molecule has 25 heavy (non-hydrogen) atoms. The van der Waals surface area contributed by atoms with E-state index in [1.807, 2.05) is 67.3 Å². The largest absolute Gasteiger partial charge is 0.491 e. The fraction of sp³-hybridized carbons (Fsp3) is 0.350. The number of hydrogen-bond donors (Lipinski definition) is 2. The topological polar surface area (TPSA) is 61.8 Å². The molecule has 0 fully saturated rings. The molecule has 1 aliphatic heterocycles. The monoisotopic (exact) mass is 340 g/mol. The molecule has 0 aliphatic carbocycles. The molecule has 0 aromatic heterocycles. The molecule has 2 N–H and O–H groups in total. The molecule has 0 radical (unpaired) electrons. The van der Waals surface area contributed by atoms with E-state index in [4.69, 9.17) is 4.74 Å². The van der Waals surface area contributed by atoms with Crippen molar-refractivity contribution in [1.29, 1.82) is 0 Å². The molecule has 0 saturated carbocycles. The van der Waals surface area contributed by atoms with Gasteiger partial charge in [-0.3, -0.25) is 4.79 Å². The summed E-state index contributed by atoms with van der Waals surface area (Å²) >= 11 is 0. The second-order valence-electron chi connectivity index (χ2n) is 6.54. The molecule has 0 bridgehead atoms. The van der Waals surface area contributed by atoms with Crippen LogP contribution in [0.2, 0.25) is 0 Å². The number of nitrogens with one attached hydrogen (secondary N) is 1. The van der Waals surface area contributed by atoms with Crippen LogP contribution in [0.5, 0.6) is 5.75 Å². The zero-order valence-corrected chi connectivity index (χ0v) is 14.6. The normalized spacial score (nSPS) is 18.1. The van der Waals surface area contributed by atoms with Crippen LogP contribution >= 0.6 is 0 Å². The first-order chi connectivity index (χ1) is 12.0. The predicted molar refractivity (Wildman–Crippen MR) is 99.1 cm³/mol. The summed E-state index contributed by atoms with van der Waals surface area (Å²) in [6, 6.07) is 15.4. The van der Waals surface area contributed by atoms with Crippen LogP contribution in [0.15, 0.2) is 48.5 Å². The number of aliphatic hydroxyl groups excluding tert-OH is 1. The molecular formula is C20H24N2O3. The minimum absolute atomic E-state index is 0.000556. The highest BCUT2D eigenvalue weighted by Crippen LogP contribution is 2.30. The zero-order valence-electron chi connectivity index (χ0n) is 14.6. The highest BCUT2D eigenvalue weighted by atomic mass is 16.5. The van der Waals surface area contributed by atoms with Crippen molar-refractivity contribution < 1.29 is 14.6 Å². The van der Waals surface area contributed by atoms with Crippen LogP contribution in [0, 0.1) is 12.8 Å².